The topological polar surface area (TPSA) is 43.8 Å². The van der Waals surface area contributed by atoms with Crippen LogP contribution in [0.5, 0.6) is 0 Å². The summed E-state index contributed by atoms with van der Waals surface area (Å²) in [7, 11) is 0. The van der Waals surface area contributed by atoms with E-state index in [4.69, 9.17) is 10.7 Å². The number of hydrogen-bond donors (Lipinski definition) is 1. The normalized spacial score (nSPS) is 16.2. The number of imidazole rings is 1. The van der Waals surface area contributed by atoms with Crippen molar-refractivity contribution in [2.45, 2.75) is 51.5 Å². The molecular formula is C12H20BrN3. The first-order valence-electron chi connectivity index (χ1n) is 6.01. The minimum absolute atomic E-state index is 0.0763. The van der Waals surface area contributed by atoms with E-state index < -0.39 is 0 Å². The van der Waals surface area contributed by atoms with E-state index in [-0.39, 0.29) is 5.41 Å². The van der Waals surface area contributed by atoms with Crippen molar-refractivity contribution in [2.75, 3.05) is 6.54 Å². The van der Waals surface area contributed by atoms with E-state index in [1.165, 1.54) is 24.4 Å². The Labute approximate surface area is 106 Å². The molecule has 0 bridgehead atoms. The predicted octanol–water partition coefficient (Wildman–Crippen LogP) is 2.61. The number of aromatic nitrogens is 2. The van der Waals surface area contributed by atoms with Gasteiger partial charge in [0.15, 0.2) is 0 Å². The number of fused-ring (bicyclic) bond motifs is 1. The summed E-state index contributed by atoms with van der Waals surface area (Å²) in [6, 6.07) is 0. The average molecular weight is 286 g/mol. The molecule has 0 fully saturated rings. The van der Waals surface area contributed by atoms with Crippen molar-refractivity contribution in [2.24, 2.45) is 5.73 Å². The number of nitrogens with two attached hydrogens (primary N) is 1. The van der Waals surface area contributed by atoms with Gasteiger partial charge in [0.25, 0.3) is 0 Å². The maximum absolute atomic E-state index is 5.69. The van der Waals surface area contributed by atoms with Gasteiger partial charge < -0.3 is 10.3 Å². The standard InChI is InChI=1S/C12H20BrN3/c1-12(2,6-7-14)11-15-10(13)9-5-3-4-8-16(9)11/h3-8,14H2,1-2H3. The fourth-order valence-corrected chi connectivity index (χ4v) is 3.07. The summed E-state index contributed by atoms with van der Waals surface area (Å²) >= 11 is 3.58. The molecule has 90 valence electrons. The van der Waals surface area contributed by atoms with E-state index >= 15 is 0 Å². The highest BCUT2D eigenvalue weighted by Gasteiger charge is 2.29. The zero-order valence-corrected chi connectivity index (χ0v) is 11.7. The molecule has 4 heteroatoms. The van der Waals surface area contributed by atoms with E-state index in [0.717, 1.165) is 24.0 Å². The minimum Gasteiger partial charge on any atom is -0.330 e. The highest BCUT2D eigenvalue weighted by atomic mass is 79.9. The number of nitrogens with zero attached hydrogens (tertiary/aromatic N) is 2. The van der Waals surface area contributed by atoms with Crippen LogP contribution in [0.25, 0.3) is 0 Å². The van der Waals surface area contributed by atoms with Crippen LogP contribution in [-0.2, 0) is 18.4 Å². The van der Waals surface area contributed by atoms with Crippen molar-refractivity contribution in [1.29, 1.82) is 0 Å². The molecule has 2 heterocycles. The summed E-state index contributed by atoms with van der Waals surface area (Å²) in [5.74, 6) is 1.19. The van der Waals surface area contributed by atoms with Crippen LogP contribution in [-0.4, -0.2) is 16.1 Å². The van der Waals surface area contributed by atoms with Gasteiger partial charge in [0.05, 0.1) is 5.69 Å². The molecule has 2 N–H and O–H groups in total. The monoisotopic (exact) mass is 285 g/mol. The zero-order valence-electron chi connectivity index (χ0n) is 10.1. The zero-order chi connectivity index (χ0) is 11.8. The third-order valence-corrected chi connectivity index (χ3v) is 4.08. The molecule has 0 saturated heterocycles. The lowest BCUT2D eigenvalue weighted by molar-refractivity contribution is 0.409. The van der Waals surface area contributed by atoms with Crippen molar-refractivity contribution >= 4 is 15.9 Å². The summed E-state index contributed by atoms with van der Waals surface area (Å²) in [5, 5.41) is 0. The van der Waals surface area contributed by atoms with Gasteiger partial charge in [-0.1, -0.05) is 13.8 Å². The highest BCUT2D eigenvalue weighted by molar-refractivity contribution is 9.10. The molecule has 0 unspecified atom stereocenters. The first-order chi connectivity index (χ1) is 7.56. The Morgan fingerprint density at radius 2 is 2.19 bits per heavy atom. The summed E-state index contributed by atoms with van der Waals surface area (Å²) in [4.78, 5) is 4.71. The Balaban J connectivity index is 2.41. The Morgan fingerprint density at radius 1 is 1.44 bits per heavy atom. The van der Waals surface area contributed by atoms with Crippen LogP contribution in [0.1, 0.15) is 44.6 Å². The first-order valence-corrected chi connectivity index (χ1v) is 6.81. The van der Waals surface area contributed by atoms with Crippen LogP contribution in [0.2, 0.25) is 0 Å². The maximum Gasteiger partial charge on any atom is 0.127 e. The largest absolute Gasteiger partial charge is 0.330 e. The van der Waals surface area contributed by atoms with Crippen molar-refractivity contribution in [1.82, 2.24) is 9.55 Å². The quantitative estimate of drug-likeness (QED) is 0.928. The smallest absolute Gasteiger partial charge is 0.127 e. The summed E-state index contributed by atoms with van der Waals surface area (Å²) in [6.45, 7) is 6.29. The second kappa shape index (κ2) is 4.49. The Hall–Kier alpha value is -0.350. The van der Waals surface area contributed by atoms with Gasteiger partial charge in [0.2, 0.25) is 0 Å². The number of rotatable bonds is 3. The lowest BCUT2D eigenvalue weighted by Crippen LogP contribution is -2.27. The van der Waals surface area contributed by atoms with Crippen molar-refractivity contribution in [3.63, 3.8) is 0 Å². The van der Waals surface area contributed by atoms with Crippen molar-refractivity contribution in [3.05, 3.63) is 16.1 Å². The van der Waals surface area contributed by atoms with Crippen LogP contribution in [0, 0.1) is 0 Å². The van der Waals surface area contributed by atoms with Gasteiger partial charge in [-0.3, -0.25) is 0 Å². The highest BCUT2D eigenvalue weighted by Crippen LogP contribution is 2.32. The SMILES string of the molecule is CC(C)(CCN)c1nc(Br)c2n1CCCC2. The molecule has 1 aromatic heterocycles. The minimum atomic E-state index is 0.0763. The molecule has 0 saturated carbocycles. The molecule has 0 atom stereocenters. The van der Waals surface area contributed by atoms with Gasteiger partial charge in [0.1, 0.15) is 10.4 Å². The number of halogens is 1. The van der Waals surface area contributed by atoms with Gasteiger partial charge in [-0.05, 0) is 48.2 Å². The molecule has 0 spiro atoms. The third kappa shape index (κ3) is 2.05. The molecule has 2 rings (SSSR count). The number of hydrogen-bond acceptors (Lipinski definition) is 2. The van der Waals surface area contributed by atoms with Crippen molar-refractivity contribution in [3.8, 4) is 0 Å². The first kappa shape index (κ1) is 12.1. The van der Waals surface area contributed by atoms with E-state index in [2.05, 4.69) is 34.3 Å². The van der Waals surface area contributed by atoms with Gasteiger partial charge in [0, 0.05) is 12.0 Å². The predicted molar refractivity (Wildman–Crippen MR) is 69.6 cm³/mol. The van der Waals surface area contributed by atoms with Gasteiger partial charge in [-0.15, -0.1) is 0 Å². The summed E-state index contributed by atoms with van der Waals surface area (Å²) in [6.07, 6.45) is 4.67. The molecule has 3 nitrogen and oxygen atoms in total. The Morgan fingerprint density at radius 3 is 2.88 bits per heavy atom. The third-order valence-electron chi connectivity index (χ3n) is 3.44. The molecule has 0 aliphatic carbocycles. The fourth-order valence-electron chi connectivity index (χ4n) is 2.49. The molecule has 1 aliphatic heterocycles. The van der Waals surface area contributed by atoms with Crippen LogP contribution < -0.4 is 5.73 Å². The maximum atomic E-state index is 5.69. The van der Waals surface area contributed by atoms with E-state index in [0.29, 0.717) is 6.54 Å². The molecule has 1 aromatic rings. The molecule has 1 aliphatic rings. The summed E-state index contributed by atoms with van der Waals surface area (Å²) < 4.78 is 3.43. The van der Waals surface area contributed by atoms with E-state index in [1.807, 2.05) is 0 Å². The summed E-state index contributed by atoms with van der Waals surface area (Å²) in [5.41, 5.74) is 7.13. The lowest BCUT2D eigenvalue weighted by Gasteiger charge is -2.26. The molecule has 0 amide bonds. The van der Waals surface area contributed by atoms with Crippen LogP contribution in [0.3, 0.4) is 0 Å². The van der Waals surface area contributed by atoms with Gasteiger partial charge in [-0.25, -0.2) is 4.98 Å². The van der Waals surface area contributed by atoms with Crippen molar-refractivity contribution < 1.29 is 0 Å². The van der Waals surface area contributed by atoms with E-state index in [1.54, 1.807) is 0 Å². The fraction of sp³-hybridized carbons (Fsp3) is 0.750. The average Bonchev–Trinajstić information content (AvgIpc) is 2.58. The second-order valence-electron chi connectivity index (χ2n) is 5.20. The van der Waals surface area contributed by atoms with Crippen LogP contribution in [0.15, 0.2) is 4.60 Å². The van der Waals surface area contributed by atoms with Gasteiger partial charge >= 0.3 is 0 Å². The van der Waals surface area contributed by atoms with Gasteiger partial charge in [-0.2, -0.15) is 0 Å². The van der Waals surface area contributed by atoms with Crippen LogP contribution in [0.4, 0.5) is 0 Å². The molecule has 0 radical (unpaired) electrons. The molecule has 16 heavy (non-hydrogen) atoms. The lowest BCUT2D eigenvalue weighted by atomic mass is 9.88. The Kier molecular flexibility index (Phi) is 3.40. The Bertz CT molecular complexity index is 382. The molecular weight excluding hydrogens is 266 g/mol. The second-order valence-corrected chi connectivity index (χ2v) is 5.96. The van der Waals surface area contributed by atoms with E-state index in [9.17, 15) is 0 Å². The molecule has 0 aromatic carbocycles. The van der Waals surface area contributed by atoms with Crippen LogP contribution >= 0.6 is 15.9 Å².